The average Bonchev–Trinajstić information content (AvgIpc) is 2.31. The third-order valence-corrected chi connectivity index (χ3v) is 2.00. The summed E-state index contributed by atoms with van der Waals surface area (Å²) in [4.78, 5) is 8.49. The van der Waals surface area contributed by atoms with Crippen LogP contribution in [-0.2, 0) is 6.54 Å². The summed E-state index contributed by atoms with van der Waals surface area (Å²) in [6.07, 6.45) is 1.84. The summed E-state index contributed by atoms with van der Waals surface area (Å²) >= 11 is 0. The molecule has 16 heavy (non-hydrogen) atoms. The lowest BCUT2D eigenvalue weighted by Crippen LogP contribution is -2.05. The Bertz CT molecular complexity index is 459. The van der Waals surface area contributed by atoms with Crippen molar-refractivity contribution in [3.8, 4) is 0 Å². The zero-order chi connectivity index (χ0) is 12.0. The fraction of sp³-hybridized carbons (Fsp3) is 0.273. The fourth-order valence-corrected chi connectivity index (χ4v) is 1.36. The monoisotopic (exact) mass is 220 g/mol. The number of nitrogens with zero attached hydrogens (tertiary/aromatic N) is 2. The van der Waals surface area contributed by atoms with Gasteiger partial charge in [-0.05, 0) is 30.8 Å². The predicted molar refractivity (Wildman–Crippen MR) is 64.9 cm³/mol. The lowest BCUT2D eigenvalue weighted by molar-refractivity contribution is 0.399. The number of pyridine rings is 2. The Balaban J connectivity index is 0.000000606. The Kier molecular flexibility index (Phi) is 4.63. The van der Waals surface area contributed by atoms with Gasteiger partial charge in [-0.2, -0.15) is 0 Å². The quantitative estimate of drug-likeness (QED) is 0.688. The van der Waals surface area contributed by atoms with Crippen molar-refractivity contribution >= 4 is 16.9 Å². The van der Waals surface area contributed by atoms with E-state index in [1.165, 1.54) is 0 Å². The van der Waals surface area contributed by atoms with E-state index in [-0.39, 0.29) is 0 Å². The first-order valence-electron chi connectivity index (χ1n) is 4.90. The lowest BCUT2D eigenvalue weighted by Gasteiger charge is -2.02. The number of hydrogen-bond donors (Lipinski definition) is 3. The summed E-state index contributed by atoms with van der Waals surface area (Å²) in [6, 6.07) is 5.63. The van der Waals surface area contributed by atoms with Gasteiger partial charge in [0.1, 0.15) is 5.82 Å². The molecule has 0 unspecified atom stereocenters. The summed E-state index contributed by atoms with van der Waals surface area (Å²) in [5.74, 6) is 0.529. The Morgan fingerprint density at radius 1 is 1.31 bits per heavy atom. The van der Waals surface area contributed by atoms with Gasteiger partial charge in [-0.15, -0.1) is 0 Å². The zero-order valence-corrected chi connectivity index (χ0v) is 9.44. The van der Waals surface area contributed by atoms with Gasteiger partial charge in [0.05, 0.1) is 11.0 Å². The summed E-state index contributed by atoms with van der Waals surface area (Å²) < 4.78 is 0. The number of rotatable bonds is 2. The Morgan fingerprint density at radius 2 is 2.06 bits per heavy atom. The lowest BCUT2D eigenvalue weighted by atomic mass is 10.2. The van der Waals surface area contributed by atoms with Gasteiger partial charge in [0, 0.05) is 19.9 Å². The van der Waals surface area contributed by atoms with E-state index in [1.54, 1.807) is 6.07 Å². The predicted octanol–water partition coefficient (Wildman–Crippen LogP) is 0.540. The molecule has 0 aromatic carbocycles. The molecule has 0 radical (unpaired) electrons. The smallest absolute Gasteiger partial charge is 0.124 e. The van der Waals surface area contributed by atoms with Crippen LogP contribution >= 0.6 is 0 Å². The third kappa shape index (κ3) is 2.88. The Hall–Kier alpha value is -1.72. The van der Waals surface area contributed by atoms with Gasteiger partial charge in [0.2, 0.25) is 0 Å². The van der Waals surface area contributed by atoms with Crippen LogP contribution in [0.4, 0.5) is 5.82 Å². The third-order valence-electron chi connectivity index (χ3n) is 2.00. The van der Waals surface area contributed by atoms with E-state index in [0.29, 0.717) is 5.82 Å². The summed E-state index contributed by atoms with van der Waals surface area (Å²) in [5.41, 5.74) is 8.42. The first-order valence-corrected chi connectivity index (χ1v) is 4.90. The van der Waals surface area contributed by atoms with Crippen LogP contribution in [-0.4, -0.2) is 29.2 Å². The van der Waals surface area contributed by atoms with Crippen LogP contribution < -0.4 is 11.1 Å². The number of aliphatic hydroxyl groups is 1. The highest BCUT2D eigenvalue weighted by Crippen LogP contribution is 2.12. The molecule has 5 heteroatoms. The van der Waals surface area contributed by atoms with E-state index in [2.05, 4.69) is 15.3 Å². The molecule has 0 amide bonds. The highest BCUT2D eigenvalue weighted by Gasteiger charge is 1.98. The SMILES string of the molecule is CNCc1cnc2ccc(N)nc2c1.CO. The number of fused-ring (bicyclic) bond motifs is 1. The molecule has 0 aliphatic rings. The van der Waals surface area contributed by atoms with E-state index < -0.39 is 0 Å². The fourth-order valence-electron chi connectivity index (χ4n) is 1.36. The average molecular weight is 220 g/mol. The minimum Gasteiger partial charge on any atom is -0.400 e. The number of nitrogen functional groups attached to an aromatic ring is 1. The van der Waals surface area contributed by atoms with Gasteiger partial charge >= 0.3 is 0 Å². The Labute approximate surface area is 94.3 Å². The first-order chi connectivity index (χ1) is 7.79. The highest BCUT2D eigenvalue weighted by molar-refractivity contribution is 5.76. The number of hydrogen-bond acceptors (Lipinski definition) is 5. The molecular formula is C11H16N4O. The van der Waals surface area contributed by atoms with Crippen LogP contribution in [0.5, 0.6) is 0 Å². The van der Waals surface area contributed by atoms with E-state index in [0.717, 1.165) is 30.3 Å². The van der Waals surface area contributed by atoms with Crippen molar-refractivity contribution in [3.63, 3.8) is 0 Å². The molecule has 0 aliphatic carbocycles. The van der Waals surface area contributed by atoms with Gasteiger partial charge in [0.15, 0.2) is 0 Å². The molecule has 86 valence electrons. The highest BCUT2D eigenvalue weighted by atomic mass is 16.2. The van der Waals surface area contributed by atoms with E-state index >= 15 is 0 Å². The largest absolute Gasteiger partial charge is 0.400 e. The summed E-state index contributed by atoms with van der Waals surface area (Å²) in [7, 11) is 2.90. The van der Waals surface area contributed by atoms with Crippen LogP contribution in [0.25, 0.3) is 11.0 Å². The van der Waals surface area contributed by atoms with E-state index in [1.807, 2.05) is 25.4 Å². The normalized spacial score (nSPS) is 9.69. The topological polar surface area (TPSA) is 84.1 Å². The van der Waals surface area contributed by atoms with Crippen molar-refractivity contribution in [2.75, 3.05) is 19.9 Å². The standard InChI is InChI=1S/C10H12N4.CH4O/c1-12-5-7-4-9-8(13-6-7)2-3-10(11)14-9;1-2/h2-4,6,12H,5H2,1H3,(H2,11,14);2H,1H3. The molecule has 0 bridgehead atoms. The number of aromatic nitrogens is 2. The molecule has 0 saturated heterocycles. The van der Waals surface area contributed by atoms with Crippen molar-refractivity contribution < 1.29 is 5.11 Å². The maximum atomic E-state index is 7.00. The molecule has 2 aromatic rings. The molecule has 5 nitrogen and oxygen atoms in total. The minimum absolute atomic E-state index is 0.529. The van der Waals surface area contributed by atoms with Crippen LogP contribution in [0.2, 0.25) is 0 Å². The van der Waals surface area contributed by atoms with Crippen LogP contribution in [0, 0.1) is 0 Å². The molecule has 2 rings (SSSR count). The second-order valence-electron chi connectivity index (χ2n) is 3.15. The molecular weight excluding hydrogens is 204 g/mol. The molecule has 0 aliphatic heterocycles. The molecule has 2 aromatic heterocycles. The number of nitrogens with two attached hydrogens (primary N) is 1. The van der Waals surface area contributed by atoms with Gasteiger partial charge in [-0.1, -0.05) is 0 Å². The minimum atomic E-state index is 0.529. The van der Waals surface area contributed by atoms with Crippen molar-refractivity contribution in [3.05, 3.63) is 30.0 Å². The summed E-state index contributed by atoms with van der Waals surface area (Å²) in [5, 5.41) is 10.1. The number of aliphatic hydroxyl groups excluding tert-OH is 1. The maximum Gasteiger partial charge on any atom is 0.124 e. The van der Waals surface area contributed by atoms with Crippen LogP contribution in [0.15, 0.2) is 24.4 Å². The molecule has 0 atom stereocenters. The molecule has 2 heterocycles. The number of anilines is 1. The van der Waals surface area contributed by atoms with Crippen molar-refractivity contribution in [1.82, 2.24) is 15.3 Å². The molecule has 4 N–H and O–H groups in total. The molecule has 0 spiro atoms. The van der Waals surface area contributed by atoms with E-state index in [4.69, 9.17) is 10.8 Å². The second kappa shape index (κ2) is 5.99. The van der Waals surface area contributed by atoms with Gasteiger partial charge in [0.25, 0.3) is 0 Å². The van der Waals surface area contributed by atoms with Crippen LogP contribution in [0.1, 0.15) is 5.56 Å². The van der Waals surface area contributed by atoms with Crippen LogP contribution in [0.3, 0.4) is 0 Å². The van der Waals surface area contributed by atoms with Crippen molar-refractivity contribution in [1.29, 1.82) is 0 Å². The van der Waals surface area contributed by atoms with E-state index in [9.17, 15) is 0 Å². The van der Waals surface area contributed by atoms with Gasteiger partial charge in [-0.3, -0.25) is 4.98 Å². The summed E-state index contributed by atoms with van der Waals surface area (Å²) in [6.45, 7) is 0.791. The zero-order valence-electron chi connectivity index (χ0n) is 9.44. The molecule has 0 saturated carbocycles. The molecule has 0 fully saturated rings. The second-order valence-corrected chi connectivity index (χ2v) is 3.15. The van der Waals surface area contributed by atoms with Crippen molar-refractivity contribution in [2.24, 2.45) is 0 Å². The first kappa shape index (κ1) is 12.4. The Morgan fingerprint density at radius 3 is 2.75 bits per heavy atom. The van der Waals surface area contributed by atoms with Crippen molar-refractivity contribution in [2.45, 2.75) is 6.54 Å². The van der Waals surface area contributed by atoms with Gasteiger partial charge in [-0.25, -0.2) is 4.98 Å². The maximum absolute atomic E-state index is 7.00. The number of nitrogens with one attached hydrogen (secondary N) is 1. The van der Waals surface area contributed by atoms with Gasteiger partial charge < -0.3 is 16.2 Å².